The van der Waals surface area contributed by atoms with E-state index in [1.54, 1.807) is 10.9 Å². The SMILES string of the molecule is Cc1ccc(OCCn2cnc3scc(-c4ccc(C)cc4C)c3c2=O)cc1. The topological polar surface area (TPSA) is 44.1 Å². The number of ether oxygens (including phenoxy) is 1. The first kappa shape index (κ1) is 18.4. The molecular formula is C23H22N2O2S. The Kier molecular flexibility index (Phi) is 5.01. The smallest absolute Gasteiger partial charge is 0.262 e. The second-order valence-corrected chi connectivity index (χ2v) is 7.91. The summed E-state index contributed by atoms with van der Waals surface area (Å²) in [5, 5.41) is 2.72. The summed E-state index contributed by atoms with van der Waals surface area (Å²) < 4.78 is 7.41. The van der Waals surface area contributed by atoms with Crippen LogP contribution in [0.2, 0.25) is 0 Å². The van der Waals surface area contributed by atoms with Crippen LogP contribution in [-0.2, 0) is 6.54 Å². The van der Waals surface area contributed by atoms with Crippen LogP contribution in [0.25, 0.3) is 21.3 Å². The van der Waals surface area contributed by atoms with Gasteiger partial charge in [-0.2, -0.15) is 0 Å². The van der Waals surface area contributed by atoms with Gasteiger partial charge < -0.3 is 4.74 Å². The summed E-state index contributed by atoms with van der Waals surface area (Å²) in [6, 6.07) is 14.2. The molecule has 28 heavy (non-hydrogen) atoms. The van der Waals surface area contributed by atoms with Crippen molar-refractivity contribution in [1.82, 2.24) is 9.55 Å². The highest BCUT2D eigenvalue weighted by atomic mass is 32.1. The van der Waals surface area contributed by atoms with Gasteiger partial charge in [-0.05, 0) is 44.0 Å². The van der Waals surface area contributed by atoms with E-state index in [-0.39, 0.29) is 5.56 Å². The fourth-order valence-corrected chi connectivity index (χ4v) is 4.23. The maximum Gasteiger partial charge on any atom is 0.262 e. The standard InChI is InChI=1S/C23H22N2O2S/c1-15-4-7-18(8-5-15)27-11-10-25-14-24-22-21(23(25)26)20(13-28-22)19-9-6-16(2)12-17(19)3/h4-9,12-14H,10-11H2,1-3H3. The quantitative estimate of drug-likeness (QED) is 0.474. The van der Waals surface area contributed by atoms with E-state index in [9.17, 15) is 4.79 Å². The highest BCUT2D eigenvalue weighted by molar-refractivity contribution is 7.17. The van der Waals surface area contributed by atoms with Crippen LogP contribution in [0, 0.1) is 20.8 Å². The molecule has 0 amide bonds. The van der Waals surface area contributed by atoms with Crippen molar-refractivity contribution in [3.8, 4) is 16.9 Å². The Labute approximate surface area is 168 Å². The molecule has 0 aliphatic heterocycles. The largest absolute Gasteiger partial charge is 0.492 e. The molecule has 0 aliphatic rings. The fraction of sp³-hybridized carbons (Fsp3) is 0.217. The molecule has 0 fully saturated rings. The second kappa shape index (κ2) is 7.60. The Morgan fingerprint density at radius 3 is 2.50 bits per heavy atom. The monoisotopic (exact) mass is 390 g/mol. The summed E-state index contributed by atoms with van der Waals surface area (Å²) in [5.74, 6) is 0.805. The molecule has 0 aliphatic carbocycles. The summed E-state index contributed by atoms with van der Waals surface area (Å²) in [5.41, 5.74) is 5.60. The van der Waals surface area contributed by atoms with Gasteiger partial charge in [-0.25, -0.2) is 4.98 Å². The van der Waals surface area contributed by atoms with Crippen molar-refractivity contribution in [2.45, 2.75) is 27.3 Å². The van der Waals surface area contributed by atoms with Crippen molar-refractivity contribution in [1.29, 1.82) is 0 Å². The van der Waals surface area contributed by atoms with Crippen LogP contribution in [0.1, 0.15) is 16.7 Å². The van der Waals surface area contributed by atoms with Crippen molar-refractivity contribution < 1.29 is 4.74 Å². The molecule has 4 rings (SSSR count). The van der Waals surface area contributed by atoms with Crippen molar-refractivity contribution in [2.75, 3.05) is 6.61 Å². The average Bonchev–Trinajstić information content (AvgIpc) is 3.10. The number of benzene rings is 2. The zero-order valence-electron chi connectivity index (χ0n) is 16.2. The van der Waals surface area contributed by atoms with Crippen LogP contribution in [0.3, 0.4) is 0 Å². The van der Waals surface area contributed by atoms with Gasteiger partial charge in [-0.3, -0.25) is 9.36 Å². The average molecular weight is 391 g/mol. The Morgan fingerprint density at radius 1 is 1.00 bits per heavy atom. The second-order valence-electron chi connectivity index (χ2n) is 7.05. The lowest BCUT2D eigenvalue weighted by atomic mass is 9.99. The molecule has 0 radical (unpaired) electrons. The summed E-state index contributed by atoms with van der Waals surface area (Å²) in [6.07, 6.45) is 1.62. The van der Waals surface area contributed by atoms with Crippen molar-refractivity contribution in [3.63, 3.8) is 0 Å². The number of fused-ring (bicyclic) bond motifs is 1. The first-order valence-corrected chi connectivity index (χ1v) is 10.1. The molecule has 4 aromatic rings. The molecule has 0 bridgehead atoms. The predicted molar refractivity (Wildman–Crippen MR) is 115 cm³/mol. The highest BCUT2D eigenvalue weighted by Gasteiger charge is 2.14. The number of rotatable bonds is 5. The molecule has 142 valence electrons. The molecule has 0 saturated carbocycles. The van der Waals surface area contributed by atoms with Crippen LogP contribution in [-0.4, -0.2) is 16.2 Å². The number of aryl methyl sites for hydroxylation is 3. The molecule has 0 spiro atoms. The van der Waals surface area contributed by atoms with E-state index in [2.05, 4.69) is 37.0 Å². The van der Waals surface area contributed by atoms with E-state index in [1.807, 2.05) is 36.6 Å². The molecule has 0 saturated heterocycles. The number of hydrogen-bond donors (Lipinski definition) is 0. The molecule has 0 unspecified atom stereocenters. The van der Waals surface area contributed by atoms with Gasteiger partial charge in [0.25, 0.3) is 5.56 Å². The normalized spacial score (nSPS) is 11.1. The first-order valence-electron chi connectivity index (χ1n) is 9.26. The fourth-order valence-electron chi connectivity index (χ4n) is 3.34. The summed E-state index contributed by atoms with van der Waals surface area (Å²) in [7, 11) is 0. The van der Waals surface area contributed by atoms with E-state index >= 15 is 0 Å². The van der Waals surface area contributed by atoms with Gasteiger partial charge in [-0.1, -0.05) is 41.5 Å². The van der Waals surface area contributed by atoms with Gasteiger partial charge in [0.2, 0.25) is 0 Å². The molecule has 2 heterocycles. The van der Waals surface area contributed by atoms with E-state index in [4.69, 9.17) is 4.74 Å². The van der Waals surface area contributed by atoms with Crippen LogP contribution >= 0.6 is 11.3 Å². The van der Waals surface area contributed by atoms with Crippen molar-refractivity contribution in [3.05, 3.63) is 81.2 Å². The van der Waals surface area contributed by atoms with E-state index in [0.29, 0.717) is 18.5 Å². The molecule has 2 aromatic carbocycles. The Hall–Kier alpha value is -2.92. The van der Waals surface area contributed by atoms with Crippen LogP contribution in [0.15, 0.2) is 59.0 Å². The van der Waals surface area contributed by atoms with Gasteiger partial charge in [0, 0.05) is 10.9 Å². The van der Waals surface area contributed by atoms with Crippen molar-refractivity contribution in [2.24, 2.45) is 0 Å². The van der Waals surface area contributed by atoms with Gasteiger partial charge in [-0.15, -0.1) is 11.3 Å². The van der Waals surface area contributed by atoms with E-state index in [1.165, 1.54) is 22.5 Å². The van der Waals surface area contributed by atoms with Gasteiger partial charge in [0.1, 0.15) is 17.2 Å². The molecule has 4 nitrogen and oxygen atoms in total. The lowest BCUT2D eigenvalue weighted by Gasteiger charge is -2.09. The van der Waals surface area contributed by atoms with Crippen LogP contribution in [0.4, 0.5) is 0 Å². The number of nitrogens with zero attached hydrogens (tertiary/aromatic N) is 2. The lowest BCUT2D eigenvalue weighted by molar-refractivity contribution is 0.296. The predicted octanol–water partition coefficient (Wildman–Crippen LogP) is 5.13. The first-order chi connectivity index (χ1) is 13.5. The summed E-state index contributed by atoms with van der Waals surface area (Å²) in [4.78, 5) is 18.4. The highest BCUT2D eigenvalue weighted by Crippen LogP contribution is 2.32. The van der Waals surface area contributed by atoms with Gasteiger partial charge in [0.15, 0.2) is 0 Å². The molecule has 0 N–H and O–H groups in total. The maximum absolute atomic E-state index is 13.1. The Balaban J connectivity index is 1.63. The molecular weight excluding hydrogens is 368 g/mol. The zero-order chi connectivity index (χ0) is 19.7. The van der Waals surface area contributed by atoms with E-state index < -0.39 is 0 Å². The summed E-state index contributed by atoms with van der Waals surface area (Å²) in [6.45, 7) is 7.07. The summed E-state index contributed by atoms with van der Waals surface area (Å²) >= 11 is 1.51. The lowest BCUT2D eigenvalue weighted by Crippen LogP contribution is -2.23. The molecule has 5 heteroatoms. The third kappa shape index (κ3) is 3.58. The Bertz CT molecular complexity index is 1190. The van der Waals surface area contributed by atoms with Gasteiger partial charge >= 0.3 is 0 Å². The minimum Gasteiger partial charge on any atom is -0.492 e. The number of aromatic nitrogens is 2. The molecule has 0 atom stereocenters. The zero-order valence-corrected chi connectivity index (χ0v) is 17.0. The third-order valence-electron chi connectivity index (χ3n) is 4.85. The van der Waals surface area contributed by atoms with Crippen LogP contribution < -0.4 is 10.3 Å². The third-order valence-corrected chi connectivity index (χ3v) is 5.74. The molecule has 2 aromatic heterocycles. The minimum absolute atomic E-state index is 0.0197. The van der Waals surface area contributed by atoms with Crippen molar-refractivity contribution >= 4 is 21.6 Å². The van der Waals surface area contributed by atoms with Gasteiger partial charge in [0.05, 0.1) is 18.3 Å². The van der Waals surface area contributed by atoms with Crippen LogP contribution in [0.5, 0.6) is 5.75 Å². The minimum atomic E-state index is -0.0197. The Morgan fingerprint density at radius 2 is 1.75 bits per heavy atom. The van der Waals surface area contributed by atoms with E-state index in [0.717, 1.165) is 27.3 Å². The number of hydrogen-bond acceptors (Lipinski definition) is 4. The maximum atomic E-state index is 13.1. The number of thiophene rings is 1.